The molecule has 1 heterocycles. The Morgan fingerprint density at radius 3 is 2.54 bits per heavy atom. The van der Waals surface area contributed by atoms with E-state index in [-0.39, 0.29) is 11.7 Å². The van der Waals surface area contributed by atoms with Crippen molar-refractivity contribution in [2.75, 3.05) is 19.5 Å². The van der Waals surface area contributed by atoms with Crippen LogP contribution in [0, 0.1) is 5.82 Å². The average Bonchev–Trinajstić information content (AvgIpc) is 3.41. The Morgan fingerprint density at radius 2 is 1.89 bits per heavy atom. The molecule has 5 nitrogen and oxygen atoms in total. The van der Waals surface area contributed by atoms with Crippen molar-refractivity contribution in [3.05, 3.63) is 59.2 Å². The molecule has 1 N–H and O–H groups in total. The zero-order chi connectivity index (χ0) is 19.7. The van der Waals surface area contributed by atoms with E-state index >= 15 is 0 Å². The maximum Gasteiger partial charge on any atom is 0.236 e. The number of nitrogens with zero attached hydrogens (tertiary/aromatic N) is 1. The highest BCUT2D eigenvalue weighted by Crippen LogP contribution is 2.49. The van der Waals surface area contributed by atoms with Crippen LogP contribution in [0.2, 0.25) is 0 Å². The number of amides is 1. The van der Waals surface area contributed by atoms with Gasteiger partial charge in [0.15, 0.2) is 5.13 Å². The fourth-order valence-electron chi connectivity index (χ4n) is 3.23. The molecular weight excluding hydrogens is 379 g/mol. The van der Waals surface area contributed by atoms with E-state index < -0.39 is 5.41 Å². The summed E-state index contributed by atoms with van der Waals surface area (Å²) >= 11 is 1.35. The lowest BCUT2D eigenvalue weighted by molar-refractivity contribution is -0.118. The van der Waals surface area contributed by atoms with Gasteiger partial charge in [0.25, 0.3) is 0 Å². The molecule has 1 fully saturated rings. The first-order chi connectivity index (χ1) is 13.6. The number of hydrogen-bond donors (Lipinski definition) is 1. The summed E-state index contributed by atoms with van der Waals surface area (Å²) in [7, 11) is 3.20. The van der Waals surface area contributed by atoms with Gasteiger partial charge in [-0.2, -0.15) is 0 Å². The predicted octanol–water partition coefficient (Wildman–Crippen LogP) is 4.64. The number of methoxy groups -OCH3 is 2. The summed E-state index contributed by atoms with van der Waals surface area (Å²) in [6.07, 6.45) is 1.48. The molecule has 7 heteroatoms. The summed E-state index contributed by atoms with van der Waals surface area (Å²) in [6, 6.07) is 11.6. The van der Waals surface area contributed by atoms with E-state index in [1.807, 2.05) is 23.6 Å². The first kappa shape index (κ1) is 18.4. The summed E-state index contributed by atoms with van der Waals surface area (Å²) < 4.78 is 23.9. The van der Waals surface area contributed by atoms with Crippen LogP contribution in [-0.4, -0.2) is 25.1 Å². The summed E-state index contributed by atoms with van der Waals surface area (Å²) in [6.45, 7) is 0. The molecule has 28 heavy (non-hydrogen) atoms. The molecule has 0 atom stereocenters. The van der Waals surface area contributed by atoms with Gasteiger partial charge < -0.3 is 14.8 Å². The van der Waals surface area contributed by atoms with Crippen molar-refractivity contribution in [1.82, 2.24) is 4.98 Å². The van der Waals surface area contributed by atoms with Crippen LogP contribution >= 0.6 is 11.3 Å². The second-order valence-electron chi connectivity index (χ2n) is 6.65. The van der Waals surface area contributed by atoms with Gasteiger partial charge in [-0.1, -0.05) is 12.1 Å². The van der Waals surface area contributed by atoms with E-state index in [4.69, 9.17) is 9.47 Å². The highest BCUT2D eigenvalue weighted by molar-refractivity contribution is 7.14. The lowest BCUT2D eigenvalue weighted by Gasteiger charge is -2.14. The second kappa shape index (κ2) is 7.24. The molecule has 3 aromatic rings. The molecule has 0 bridgehead atoms. The van der Waals surface area contributed by atoms with E-state index in [0.29, 0.717) is 22.3 Å². The summed E-state index contributed by atoms with van der Waals surface area (Å²) in [5, 5.41) is 5.29. The fourth-order valence-corrected chi connectivity index (χ4v) is 3.93. The molecule has 2 aromatic carbocycles. The van der Waals surface area contributed by atoms with E-state index in [1.165, 1.54) is 23.5 Å². The Hall–Kier alpha value is -2.93. The predicted molar refractivity (Wildman–Crippen MR) is 107 cm³/mol. The number of nitrogens with one attached hydrogen (secondary N) is 1. The van der Waals surface area contributed by atoms with Crippen LogP contribution in [0.15, 0.2) is 47.8 Å². The number of halogens is 1. The third-order valence-corrected chi connectivity index (χ3v) is 5.75. The zero-order valence-corrected chi connectivity index (χ0v) is 16.3. The lowest BCUT2D eigenvalue weighted by atomic mass is 9.95. The Balaban J connectivity index is 1.56. The minimum atomic E-state index is -0.590. The number of anilines is 1. The molecular formula is C21H19FN2O3S. The second-order valence-corrected chi connectivity index (χ2v) is 7.51. The average molecular weight is 398 g/mol. The van der Waals surface area contributed by atoms with Gasteiger partial charge in [0.05, 0.1) is 25.3 Å². The molecule has 0 aliphatic heterocycles. The van der Waals surface area contributed by atoms with Crippen molar-refractivity contribution < 1.29 is 18.7 Å². The summed E-state index contributed by atoms with van der Waals surface area (Å²) in [4.78, 5) is 17.4. The highest BCUT2D eigenvalue weighted by atomic mass is 32.1. The molecule has 0 saturated heterocycles. The van der Waals surface area contributed by atoms with Crippen molar-refractivity contribution in [3.63, 3.8) is 0 Å². The standard InChI is InChI=1S/C21H19FN2O3S/c1-26-15-7-8-18(27-2)16(11-15)17-12-28-20(23-17)24-19(25)21(9-10-21)13-3-5-14(22)6-4-13/h3-8,11-12H,9-10H2,1-2H3,(H,23,24,25). The quantitative estimate of drug-likeness (QED) is 0.657. The van der Waals surface area contributed by atoms with Gasteiger partial charge in [0.2, 0.25) is 5.91 Å². The van der Waals surface area contributed by atoms with Crippen molar-refractivity contribution in [3.8, 4) is 22.8 Å². The van der Waals surface area contributed by atoms with Gasteiger partial charge in [-0.05, 0) is 48.7 Å². The molecule has 0 radical (unpaired) electrons. The fraction of sp³-hybridized carbons (Fsp3) is 0.238. The maximum atomic E-state index is 13.2. The van der Waals surface area contributed by atoms with Crippen LogP contribution in [0.5, 0.6) is 11.5 Å². The SMILES string of the molecule is COc1ccc(OC)c(-c2csc(NC(=O)C3(c4ccc(F)cc4)CC3)n2)c1. The molecule has 1 saturated carbocycles. The molecule has 1 aliphatic carbocycles. The number of ether oxygens (including phenoxy) is 2. The monoisotopic (exact) mass is 398 g/mol. The topological polar surface area (TPSA) is 60.5 Å². The van der Waals surface area contributed by atoms with E-state index in [9.17, 15) is 9.18 Å². The highest BCUT2D eigenvalue weighted by Gasteiger charge is 2.51. The molecule has 1 aromatic heterocycles. The molecule has 4 rings (SSSR count). The first-order valence-electron chi connectivity index (χ1n) is 8.81. The van der Waals surface area contributed by atoms with Gasteiger partial charge in [-0.25, -0.2) is 9.37 Å². The maximum absolute atomic E-state index is 13.2. The largest absolute Gasteiger partial charge is 0.497 e. The van der Waals surface area contributed by atoms with Gasteiger partial charge in [0, 0.05) is 10.9 Å². The molecule has 0 spiro atoms. The van der Waals surface area contributed by atoms with Crippen LogP contribution in [0.25, 0.3) is 11.3 Å². The summed E-state index contributed by atoms with van der Waals surface area (Å²) in [5.74, 6) is 0.950. The van der Waals surface area contributed by atoms with Gasteiger partial charge in [-0.15, -0.1) is 11.3 Å². The molecule has 1 aliphatic rings. The minimum absolute atomic E-state index is 0.113. The smallest absolute Gasteiger partial charge is 0.236 e. The van der Waals surface area contributed by atoms with Crippen LogP contribution in [0.3, 0.4) is 0 Å². The Labute approximate surface area is 166 Å². The lowest BCUT2D eigenvalue weighted by Crippen LogP contribution is -2.27. The number of carbonyl (C=O) groups excluding carboxylic acids is 1. The molecule has 1 amide bonds. The van der Waals surface area contributed by atoms with E-state index in [2.05, 4.69) is 10.3 Å². The third-order valence-electron chi connectivity index (χ3n) is 4.99. The van der Waals surface area contributed by atoms with Crippen LogP contribution in [0.1, 0.15) is 18.4 Å². The summed E-state index contributed by atoms with van der Waals surface area (Å²) in [5.41, 5.74) is 1.73. The Kier molecular flexibility index (Phi) is 4.77. The van der Waals surface area contributed by atoms with Crippen molar-refractivity contribution in [2.45, 2.75) is 18.3 Å². The molecule has 0 unspecified atom stereocenters. The number of benzene rings is 2. The van der Waals surface area contributed by atoms with Crippen LogP contribution < -0.4 is 14.8 Å². The number of carbonyl (C=O) groups is 1. The van der Waals surface area contributed by atoms with E-state index in [0.717, 1.165) is 24.0 Å². The van der Waals surface area contributed by atoms with Crippen molar-refractivity contribution >= 4 is 22.4 Å². The first-order valence-corrected chi connectivity index (χ1v) is 9.69. The van der Waals surface area contributed by atoms with Gasteiger partial charge >= 0.3 is 0 Å². The van der Waals surface area contributed by atoms with Gasteiger partial charge in [0.1, 0.15) is 17.3 Å². The normalized spacial score (nSPS) is 14.4. The Morgan fingerprint density at radius 1 is 1.14 bits per heavy atom. The van der Waals surface area contributed by atoms with Crippen LogP contribution in [0.4, 0.5) is 9.52 Å². The number of hydrogen-bond acceptors (Lipinski definition) is 5. The number of thiazole rings is 1. The zero-order valence-electron chi connectivity index (χ0n) is 15.5. The van der Waals surface area contributed by atoms with E-state index in [1.54, 1.807) is 26.4 Å². The van der Waals surface area contributed by atoms with Gasteiger partial charge in [-0.3, -0.25) is 4.79 Å². The minimum Gasteiger partial charge on any atom is -0.497 e. The number of aromatic nitrogens is 1. The van der Waals surface area contributed by atoms with Crippen LogP contribution in [-0.2, 0) is 10.2 Å². The Bertz CT molecular complexity index is 1010. The van der Waals surface area contributed by atoms with Crippen molar-refractivity contribution in [1.29, 1.82) is 0 Å². The van der Waals surface area contributed by atoms with Crippen molar-refractivity contribution in [2.24, 2.45) is 0 Å². The third kappa shape index (κ3) is 3.33. The number of rotatable bonds is 6. The molecule has 144 valence electrons.